The molecule has 2 aliphatic rings. The van der Waals surface area contributed by atoms with Gasteiger partial charge in [-0.05, 0) is 75.9 Å². The molecule has 1 saturated carbocycles. The van der Waals surface area contributed by atoms with Crippen LogP contribution in [-0.2, 0) is 0 Å². The molecule has 1 aliphatic carbocycles. The Balaban J connectivity index is 1.68. The minimum Gasteiger partial charge on any atom is -0.348 e. The first-order valence-corrected chi connectivity index (χ1v) is 8.75. The van der Waals surface area contributed by atoms with Crippen LogP contribution >= 0.6 is 15.9 Å². The average molecular weight is 351 g/mol. The van der Waals surface area contributed by atoms with Crippen molar-refractivity contribution < 1.29 is 4.79 Å². The maximum atomic E-state index is 12.5. The van der Waals surface area contributed by atoms with Crippen molar-refractivity contribution in [2.75, 3.05) is 13.1 Å². The molecule has 0 radical (unpaired) electrons. The zero-order chi connectivity index (χ0) is 14.8. The van der Waals surface area contributed by atoms with E-state index in [0.29, 0.717) is 12.1 Å². The molecule has 2 fully saturated rings. The zero-order valence-electron chi connectivity index (χ0n) is 12.6. The predicted octanol–water partition coefficient (Wildman–Crippen LogP) is 3.50. The van der Waals surface area contributed by atoms with E-state index in [1.165, 1.54) is 38.8 Å². The van der Waals surface area contributed by atoms with Gasteiger partial charge in [-0.3, -0.25) is 9.69 Å². The van der Waals surface area contributed by atoms with Gasteiger partial charge in [0.25, 0.3) is 5.91 Å². The number of nitrogens with zero attached hydrogens (tertiary/aromatic N) is 1. The summed E-state index contributed by atoms with van der Waals surface area (Å²) in [6, 6.07) is 6.72. The lowest BCUT2D eigenvalue weighted by atomic mass is 10.1. The minimum atomic E-state index is 0.0797. The van der Waals surface area contributed by atoms with Crippen LogP contribution < -0.4 is 5.32 Å². The summed E-state index contributed by atoms with van der Waals surface area (Å²) in [6.45, 7) is 4.40. The highest BCUT2D eigenvalue weighted by Gasteiger charge is 2.34. The van der Waals surface area contributed by atoms with E-state index in [4.69, 9.17) is 0 Å². The van der Waals surface area contributed by atoms with Crippen molar-refractivity contribution in [3.8, 4) is 0 Å². The van der Waals surface area contributed by atoms with E-state index in [2.05, 4.69) is 26.1 Å². The van der Waals surface area contributed by atoms with Gasteiger partial charge in [0.05, 0.1) is 0 Å². The molecule has 3 rings (SSSR count). The fourth-order valence-electron chi connectivity index (χ4n) is 3.75. The van der Waals surface area contributed by atoms with Gasteiger partial charge in [0.1, 0.15) is 0 Å². The van der Waals surface area contributed by atoms with E-state index in [-0.39, 0.29) is 5.91 Å². The Bertz CT molecular complexity index is 526. The number of amides is 1. The van der Waals surface area contributed by atoms with E-state index < -0.39 is 0 Å². The number of benzene rings is 1. The normalized spacial score (nSPS) is 26.2. The van der Waals surface area contributed by atoms with E-state index in [1.54, 1.807) is 0 Å². The lowest BCUT2D eigenvalue weighted by Gasteiger charge is -2.29. The molecule has 2 unspecified atom stereocenters. The molecule has 1 aliphatic heterocycles. The first-order valence-electron chi connectivity index (χ1n) is 7.96. The fourth-order valence-corrected chi connectivity index (χ4v) is 4.22. The quantitative estimate of drug-likeness (QED) is 0.904. The van der Waals surface area contributed by atoms with Crippen LogP contribution in [0.3, 0.4) is 0 Å². The Hall–Kier alpha value is -0.870. The maximum Gasteiger partial charge on any atom is 0.251 e. The summed E-state index contributed by atoms with van der Waals surface area (Å²) in [5.74, 6) is 0.0797. The fraction of sp³-hybridized carbons (Fsp3) is 0.588. The molecule has 1 aromatic rings. The van der Waals surface area contributed by atoms with Gasteiger partial charge in [-0.25, -0.2) is 0 Å². The SMILES string of the molecule is Cc1cc(Br)ccc1C(=O)NC1CCCC1N1CCCC1. The van der Waals surface area contributed by atoms with Crippen LogP contribution in [0.4, 0.5) is 0 Å². The van der Waals surface area contributed by atoms with Crippen molar-refractivity contribution in [2.45, 2.75) is 51.1 Å². The van der Waals surface area contributed by atoms with Gasteiger partial charge >= 0.3 is 0 Å². The third-order valence-corrected chi connectivity index (χ3v) is 5.33. The van der Waals surface area contributed by atoms with Gasteiger partial charge in [0.2, 0.25) is 0 Å². The Morgan fingerprint density at radius 3 is 2.71 bits per heavy atom. The Morgan fingerprint density at radius 1 is 1.24 bits per heavy atom. The highest BCUT2D eigenvalue weighted by molar-refractivity contribution is 9.10. The summed E-state index contributed by atoms with van der Waals surface area (Å²) in [5.41, 5.74) is 1.82. The van der Waals surface area contributed by atoms with Crippen LogP contribution in [0.2, 0.25) is 0 Å². The van der Waals surface area contributed by atoms with Gasteiger partial charge in [-0.1, -0.05) is 15.9 Å². The second kappa shape index (κ2) is 6.49. The second-order valence-corrected chi connectivity index (χ2v) is 7.20. The highest BCUT2D eigenvalue weighted by atomic mass is 79.9. The molecule has 1 aromatic carbocycles. The number of carbonyl (C=O) groups excluding carboxylic acids is 1. The summed E-state index contributed by atoms with van der Waals surface area (Å²) in [5, 5.41) is 3.29. The van der Waals surface area contributed by atoms with Gasteiger partial charge in [-0.15, -0.1) is 0 Å². The molecule has 3 nitrogen and oxygen atoms in total. The lowest BCUT2D eigenvalue weighted by Crippen LogP contribution is -2.47. The van der Waals surface area contributed by atoms with Crippen LogP contribution in [0.15, 0.2) is 22.7 Å². The van der Waals surface area contributed by atoms with Gasteiger partial charge in [0, 0.05) is 22.1 Å². The monoisotopic (exact) mass is 350 g/mol. The van der Waals surface area contributed by atoms with Crippen LogP contribution in [0, 0.1) is 6.92 Å². The van der Waals surface area contributed by atoms with Gasteiger partial charge in [-0.2, -0.15) is 0 Å². The van der Waals surface area contributed by atoms with Crippen LogP contribution in [0.1, 0.15) is 48.0 Å². The average Bonchev–Trinajstić information content (AvgIpc) is 3.08. The molecule has 0 bridgehead atoms. The van der Waals surface area contributed by atoms with Crippen molar-refractivity contribution in [2.24, 2.45) is 0 Å². The highest BCUT2D eigenvalue weighted by Crippen LogP contribution is 2.27. The van der Waals surface area contributed by atoms with E-state index in [1.807, 2.05) is 25.1 Å². The van der Waals surface area contributed by atoms with Gasteiger partial charge < -0.3 is 5.32 Å². The number of likely N-dealkylation sites (tertiary alicyclic amines) is 1. The number of nitrogens with one attached hydrogen (secondary N) is 1. The van der Waals surface area contributed by atoms with Crippen molar-refractivity contribution in [1.82, 2.24) is 10.2 Å². The number of hydrogen-bond donors (Lipinski definition) is 1. The molecule has 1 amide bonds. The molecular weight excluding hydrogens is 328 g/mol. The first kappa shape index (κ1) is 15.0. The summed E-state index contributed by atoms with van der Waals surface area (Å²) >= 11 is 3.45. The standard InChI is InChI=1S/C17H23BrN2O/c1-12-11-13(18)7-8-14(12)17(21)19-15-5-4-6-16(15)20-9-2-3-10-20/h7-8,11,15-16H,2-6,9-10H2,1H3,(H,19,21). The summed E-state index contributed by atoms with van der Waals surface area (Å²) in [4.78, 5) is 15.1. The molecule has 1 saturated heterocycles. The number of carbonyl (C=O) groups is 1. The van der Waals surface area contributed by atoms with Crippen molar-refractivity contribution in [3.05, 3.63) is 33.8 Å². The van der Waals surface area contributed by atoms with Crippen LogP contribution in [0.5, 0.6) is 0 Å². The summed E-state index contributed by atoms with van der Waals surface area (Å²) in [6.07, 6.45) is 6.18. The van der Waals surface area contributed by atoms with Crippen LogP contribution in [-0.4, -0.2) is 36.0 Å². The van der Waals surface area contributed by atoms with E-state index in [9.17, 15) is 4.79 Å². The number of halogens is 1. The Kier molecular flexibility index (Phi) is 4.65. The molecule has 4 heteroatoms. The molecule has 0 aromatic heterocycles. The molecule has 114 valence electrons. The largest absolute Gasteiger partial charge is 0.348 e. The van der Waals surface area contributed by atoms with Crippen molar-refractivity contribution in [3.63, 3.8) is 0 Å². The third-order valence-electron chi connectivity index (χ3n) is 4.84. The van der Waals surface area contributed by atoms with Gasteiger partial charge in [0.15, 0.2) is 0 Å². The Morgan fingerprint density at radius 2 is 2.00 bits per heavy atom. The predicted molar refractivity (Wildman–Crippen MR) is 88.6 cm³/mol. The van der Waals surface area contributed by atoms with E-state index >= 15 is 0 Å². The molecule has 1 N–H and O–H groups in total. The Labute approximate surface area is 135 Å². The molecule has 2 atom stereocenters. The summed E-state index contributed by atoms with van der Waals surface area (Å²) < 4.78 is 1.02. The molecule has 1 heterocycles. The van der Waals surface area contributed by atoms with Crippen molar-refractivity contribution >= 4 is 21.8 Å². The van der Waals surface area contributed by atoms with Crippen LogP contribution in [0.25, 0.3) is 0 Å². The molecule has 21 heavy (non-hydrogen) atoms. The lowest BCUT2D eigenvalue weighted by molar-refractivity contribution is 0.0912. The number of aryl methyl sites for hydroxylation is 1. The smallest absolute Gasteiger partial charge is 0.251 e. The minimum absolute atomic E-state index is 0.0797. The zero-order valence-corrected chi connectivity index (χ0v) is 14.2. The number of hydrogen-bond acceptors (Lipinski definition) is 2. The first-order chi connectivity index (χ1) is 10.1. The second-order valence-electron chi connectivity index (χ2n) is 6.28. The number of rotatable bonds is 3. The maximum absolute atomic E-state index is 12.5. The molecular formula is C17H23BrN2O. The molecule has 0 spiro atoms. The summed E-state index contributed by atoms with van der Waals surface area (Å²) in [7, 11) is 0. The third kappa shape index (κ3) is 3.32. The topological polar surface area (TPSA) is 32.3 Å². The van der Waals surface area contributed by atoms with Crippen molar-refractivity contribution in [1.29, 1.82) is 0 Å². The van der Waals surface area contributed by atoms with E-state index in [0.717, 1.165) is 22.0 Å².